The van der Waals surface area contributed by atoms with Gasteiger partial charge in [0.2, 0.25) is 0 Å². The van der Waals surface area contributed by atoms with Crippen molar-refractivity contribution < 1.29 is 51.9 Å². The van der Waals surface area contributed by atoms with Gasteiger partial charge in [-0.3, -0.25) is 18.2 Å². The highest BCUT2D eigenvalue weighted by Crippen LogP contribution is 2.74. The molecule has 12 nitrogen and oxygen atoms in total. The van der Waals surface area contributed by atoms with E-state index in [1.807, 2.05) is 0 Å². The van der Waals surface area contributed by atoms with E-state index in [-0.39, 0.29) is 21.2 Å². The monoisotopic (exact) mass is 746 g/mol. The van der Waals surface area contributed by atoms with Gasteiger partial charge in [-0.05, 0) is 37.1 Å². The van der Waals surface area contributed by atoms with Crippen LogP contribution in [0.5, 0.6) is 0 Å². The van der Waals surface area contributed by atoms with Crippen LogP contribution in [-0.4, -0.2) is 65.9 Å². The van der Waals surface area contributed by atoms with Crippen LogP contribution in [0.15, 0.2) is 121 Å². The molecular weight excluding hydrogens is 719 g/mol. The van der Waals surface area contributed by atoms with E-state index >= 15 is 0 Å². The molecule has 4 aromatic rings. The molecule has 46 heavy (non-hydrogen) atoms. The van der Waals surface area contributed by atoms with Gasteiger partial charge in [-0.25, -0.2) is 0 Å². The summed E-state index contributed by atoms with van der Waals surface area (Å²) in [5, 5.41) is -0.0955. The maximum absolute atomic E-state index is 14.5. The first-order valence-corrected chi connectivity index (χ1v) is 21.7. The van der Waals surface area contributed by atoms with Gasteiger partial charge in [-0.2, -0.15) is 33.7 Å². The Morgan fingerprint density at radius 3 is 0.891 bits per heavy atom. The van der Waals surface area contributed by atoms with Gasteiger partial charge in [0, 0.05) is 6.42 Å². The van der Waals surface area contributed by atoms with Crippen molar-refractivity contribution in [3.63, 3.8) is 0 Å². The van der Waals surface area contributed by atoms with Crippen molar-refractivity contribution in [3.05, 3.63) is 121 Å². The van der Waals surface area contributed by atoms with E-state index in [0.717, 1.165) is 0 Å². The Kier molecular flexibility index (Phi) is 10.6. The molecule has 0 aliphatic rings. The number of rotatable bonds is 13. The van der Waals surface area contributed by atoms with E-state index in [1.165, 1.54) is 121 Å². The predicted octanol–water partition coefficient (Wildman–Crippen LogP) is 2.54. The maximum atomic E-state index is 14.5. The van der Waals surface area contributed by atoms with Gasteiger partial charge in [0.1, 0.15) is 0 Å². The van der Waals surface area contributed by atoms with E-state index < -0.39 is 76.8 Å². The minimum absolute atomic E-state index is 0.0239. The summed E-state index contributed by atoms with van der Waals surface area (Å²) < 4.78 is 144. The fraction of sp³-hybridized carbons (Fsp3) is 0.143. The molecule has 18 heteroatoms. The molecule has 0 aliphatic heterocycles. The number of hydrogen-bond donors (Lipinski definition) is 4. The maximum Gasteiger partial charge on any atom is 0.290 e. The third-order valence-corrected chi connectivity index (χ3v) is 22.6. The summed E-state index contributed by atoms with van der Waals surface area (Å²) in [5.41, 5.74) is 0. The molecule has 0 saturated heterocycles. The Morgan fingerprint density at radius 2 is 0.696 bits per heavy atom. The van der Waals surface area contributed by atoms with Crippen LogP contribution in [0.2, 0.25) is 0 Å². The molecule has 0 spiro atoms. The molecule has 0 atom stereocenters. The highest BCUT2D eigenvalue weighted by Gasteiger charge is 2.79. The van der Waals surface area contributed by atoms with Crippen molar-refractivity contribution in [2.45, 2.75) is 14.7 Å². The zero-order valence-corrected chi connectivity index (χ0v) is 28.6. The Hall–Kier alpha value is -2.62. The summed E-state index contributed by atoms with van der Waals surface area (Å²) in [7, 11) is -30.7. The average Bonchev–Trinajstić information content (AvgIpc) is 2.97. The van der Waals surface area contributed by atoms with Crippen LogP contribution in [0.25, 0.3) is 0 Å². The van der Waals surface area contributed by atoms with Crippen LogP contribution in [0.1, 0.15) is 6.42 Å². The Bertz CT molecular complexity index is 1910. The van der Waals surface area contributed by atoms with Gasteiger partial charge in [0.05, 0.1) is 5.75 Å². The number of benzene rings is 4. The van der Waals surface area contributed by atoms with Gasteiger partial charge in [0.25, 0.3) is 44.6 Å². The van der Waals surface area contributed by atoms with Gasteiger partial charge >= 0.3 is 0 Å². The molecule has 0 fully saturated rings. The van der Waals surface area contributed by atoms with Crippen LogP contribution in [0.3, 0.4) is 0 Å². The van der Waals surface area contributed by atoms with Gasteiger partial charge in [-0.15, -0.1) is 0 Å². The van der Waals surface area contributed by atoms with Crippen LogP contribution in [0.4, 0.5) is 0 Å². The molecule has 0 saturated carbocycles. The largest absolute Gasteiger partial charge is 0.290 e. The van der Waals surface area contributed by atoms with Crippen molar-refractivity contribution in [3.8, 4) is 0 Å². The molecule has 0 aliphatic carbocycles. The van der Waals surface area contributed by atoms with E-state index in [4.69, 9.17) is 0 Å². The average molecular weight is 747 g/mol. The normalized spacial score (nSPS) is 13.6. The second kappa shape index (κ2) is 13.5. The van der Waals surface area contributed by atoms with Crippen LogP contribution < -0.4 is 21.2 Å². The van der Waals surface area contributed by atoms with E-state index in [1.54, 1.807) is 0 Å². The highest BCUT2D eigenvalue weighted by atomic mass is 32.3. The summed E-state index contributed by atoms with van der Waals surface area (Å²) in [6.45, 7) is 0. The lowest BCUT2D eigenvalue weighted by molar-refractivity contribution is 0.401. The minimum atomic E-state index is -6.49. The molecule has 246 valence electrons. The zero-order valence-electron chi connectivity index (χ0n) is 23.5. The van der Waals surface area contributed by atoms with E-state index in [9.17, 15) is 51.9 Å². The van der Waals surface area contributed by atoms with Crippen molar-refractivity contribution in [1.82, 2.24) is 0 Å². The smallest absolute Gasteiger partial charge is 0.286 e. The quantitative estimate of drug-likeness (QED) is 0.115. The number of hydrogen-bond acceptors (Lipinski definition) is 8. The van der Waals surface area contributed by atoms with Crippen LogP contribution >= 0.6 is 15.8 Å². The standard InChI is InChI=1S/C28H28O12P2S4/c29-43(30,31)22-21-27(44(32,33)34,45(35,36)37)28(46(38,39)40,41(23-13-5-1-6-14-23)24-15-7-2-8-16-24)42(25-17-9-3-10-18-25)26-19-11-4-12-20-26/h1-20H,21-22H2,(H,29,30,31)(H,32,33,34)(H,35,36,37)(H,38,39,40). The fourth-order valence-electron chi connectivity index (χ4n) is 5.33. The zero-order chi connectivity index (χ0) is 34.0. The van der Waals surface area contributed by atoms with E-state index in [0.29, 0.717) is 0 Å². The molecule has 4 aromatic carbocycles. The molecule has 0 heterocycles. The second-order valence-electron chi connectivity index (χ2n) is 9.84. The van der Waals surface area contributed by atoms with Crippen molar-refractivity contribution in [2.75, 3.05) is 5.75 Å². The van der Waals surface area contributed by atoms with E-state index in [2.05, 4.69) is 0 Å². The lowest BCUT2D eigenvalue weighted by atomic mass is 10.3. The summed E-state index contributed by atoms with van der Waals surface area (Å²) in [4.78, 5) is 0. The lowest BCUT2D eigenvalue weighted by Gasteiger charge is -2.52. The lowest BCUT2D eigenvalue weighted by Crippen LogP contribution is -2.68. The molecule has 0 amide bonds. The summed E-state index contributed by atoms with van der Waals surface area (Å²) in [6.07, 6.45) is -1.90. The molecular formula is C28H28O12P2S4. The Balaban J connectivity index is 2.49. The Labute approximate surface area is 270 Å². The molecule has 0 radical (unpaired) electrons. The first-order chi connectivity index (χ1) is 21.4. The van der Waals surface area contributed by atoms with Crippen molar-refractivity contribution in [1.29, 1.82) is 0 Å². The van der Waals surface area contributed by atoms with Gasteiger partial charge < -0.3 is 0 Å². The van der Waals surface area contributed by atoms with Crippen LogP contribution in [-0.2, 0) is 40.5 Å². The molecule has 0 unspecified atom stereocenters. The second-order valence-corrected chi connectivity index (χ2v) is 22.2. The van der Waals surface area contributed by atoms with Crippen molar-refractivity contribution >= 4 is 77.5 Å². The Morgan fingerprint density at radius 1 is 0.435 bits per heavy atom. The molecule has 0 bridgehead atoms. The molecule has 0 aromatic heterocycles. The SMILES string of the molecule is O=S(=O)(O)CCC(C(P(c1ccccc1)c1ccccc1)(P(c1ccccc1)c1ccccc1)S(=O)(=O)O)(S(=O)(=O)O)S(=O)(=O)O. The first-order valence-electron chi connectivity index (χ1n) is 13.1. The van der Waals surface area contributed by atoms with Gasteiger partial charge in [-0.1, -0.05) is 121 Å². The van der Waals surface area contributed by atoms with Gasteiger partial charge in [0.15, 0.2) is 4.23 Å². The molecule has 4 N–H and O–H groups in total. The van der Waals surface area contributed by atoms with Crippen molar-refractivity contribution in [2.24, 2.45) is 0 Å². The summed E-state index contributed by atoms with van der Waals surface area (Å²) in [5.74, 6) is -1.76. The summed E-state index contributed by atoms with van der Waals surface area (Å²) >= 11 is 0. The third-order valence-electron chi connectivity index (χ3n) is 7.04. The predicted molar refractivity (Wildman–Crippen MR) is 179 cm³/mol. The third kappa shape index (κ3) is 6.70. The van der Waals surface area contributed by atoms with Crippen LogP contribution in [0, 0.1) is 0 Å². The fourth-order valence-corrected chi connectivity index (χ4v) is 22.9. The molecule has 4 rings (SSSR count). The topological polar surface area (TPSA) is 217 Å². The first kappa shape index (κ1) is 36.2. The highest BCUT2D eigenvalue weighted by molar-refractivity contribution is 8.17. The minimum Gasteiger partial charge on any atom is -0.286 e. The summed E-state index contributed by atoms with van der Waals surface area (Å²) in [6, 6.07) is 28.5.